The number of aromatic nitrogens is 2. The Hall–Kier alpha value is -2.85. The molecule has 2 aromatic carbocycles. The molecule has 0 saturated heterocycles. The first kappa shape index (κ1) is 21.4. The highest BCUT2D eigenvalue weighted by Gasteiger charge is 2.35. The molecule has 0 radical (unpaired) electrons. The van der Waals surface area contributed by atoms with Crippen LogP contribution in [0.25, 0.3) is 16.9 Å². The molecule has 1 fully saturated rings. The van der Waals surface area contributed by atoms with Crippen molar-refractivity contribution in [3.63, 3.8) is 0 Å². The molecule has 2 N–H and O–H groups in total. The molecule has 6 nitrogen and oxygen atoms in total. The Kier molecular flexibility index (Phi) is 5.30. The van der Waals surface area contributed by atoms with E-state index >= 15 is 0 Å². The van der Waals surface area contributed by atoms with Gasteiger partial charge < -0.3 is 4.74 Å². The molecule has 10 heteroatoms. The lowest BCUT2D eigenvalue weighted by atomic mass is 10.0. The van der Waals surface area contributed by atoms with Gasteiger partial charge in [0.25, 0.3) is 0 Å². The van der Waals surface area contributed by atoms with Gasteiger partial charge in [-0.05, 0) is 79.3 Å². The van der Waals surface area contributed by atoms with Crippen molar-refractivity contribution in [2.75, 3.05) is 7.11 Å². The SMILES string of the molecule is COc1ccc(-c2cc(C(F)(F)F)nn2-c2ccc(S(N)(=O)=O)cc2)cc1CC1CC1. The van der Waals surface area contributed by atoms with Crippen molar-refractivity contribution < 1.29 is 26.3 Å². The van der Waals surface area contributed by atoms with Crippen molar-refractivity contribution in [1.29, 1.82) is 0 Å². The fourth-order valence-corrected chi connectivity index (χ4v) is 3.94. The summed E-state index contributed by atoms with van der Waals surface area (Å²) >= 11 is 0. The van der Waals surface area contributed by atoms with Crippen molar-refractivity contribution in [2.45, 2.75) is 30.3 Å². The molecule has 164 valence electrons. The molecule has 1 heterocycles. The predicted octanol–water partition coefficient (Wildman–Crippen LogP) is 4.17. The van der Waals surface area contributed by atoms with Crippen molar-refractivity contribution in [3.8, 4) is 22.7 Å². The Morgan fingerprint density at radius 2 is 1.81 bits per heavy atom. The third-order valence-corrected chi connectivity index (χ3v) is 6.12. The first-order valence-corrected chi connectivity index (χ1v) is 11.1. The summed E-state index contributed by atoms with van der Waals surface area (Å²) < 4.78 is 69.8. The maximum Gasteiger partial charge on any atom is 0.435 e. The molecule has 0 bridgehead atoms. The van der Waals surface area contributed by atoms with E-state index in [1.165, 1.54) is 24.3 Å². The van der Waals surface area contributed by atoms with E-state index in [1.807, 2.05) is 6.07 Å². The minimum atomic E-state index is -4.64. The number of sulfonamides is 1. The van der Waals surface area contributed by atoms with Crippen LogP contribution in [-0.2, 0) is 22.6 Å². The van der Waals surface area contributed by atoms with E-state index in [1.54, 1.807) is 19.2 Å². The number of methoxy groups -OCH3 is 1. The molecule has 0 aliphatic heterocycles. The van der Waals surface area contributed by atoms with E-state index in [9.17, 15) is 21.6 Å². The van der Waals surface area contributed by atoms with Gasteiger partial charge >= 0.3 is 6.18 Å². The largest absolute Gasteiger partial charge is 0.496 e. The molecule has 1 saturated carbocycles. The monoisotopic (exact) mass is 451 g/mol. The quantitative estimate of drug-likeness (QED) is 0.610. The van der Waals surface area contributed by atoms with Gasteiger partial charge in [-0.3, -0.25) is 0 Å². The van der Waals surface area contributed by atoms with Crippen LogP contribution in [0.4, 0.5) is 13.2 Å². The van der Waals surface area contributed by atoms with Crippen molar-refractivity contribution in [1.82, 2.24) is 9.78 Å². The Morgan fingerprint density at radius 3 is 2.35 bits per heavy atom. The van der Waals surface area contributed by atoms with Crippen LogP contribution in [0.1, 0.15) is 24.1 Å². The van der Waals surface area contributed by atoms with Crippen LogP contribution in [0.15, 0.2) is 53.4 Å². The zero-order valence-electron chi connectivity index (χ0n) is 16.6. The summed E-state index contributed by atoms with van der Waals surface area (Å²) in [6, 6.07) is 11.4. The van der Waals surface area contributed by atoms with E-state index in [2.05, 4.69) is 5.10 Å². The van der Waals surface area contributed by atoms with Gasteiger partial charge in [0.15, 0.2) is 5.69 Å². The van der Waals surface area contributed by atoms with E-state index in [0.717, 1.165) is 35.6 Å². The number of benzene rings is 2. The summed E-state index contributed by atoms with van der Waals surface area (Å²) in [6.07, 6.45) is -1.59. The summed E-state index contributed by atoms with van der Waals surface area (Å²) in [6.45, 7) is 0. The molecule has 0 unspecified atom stereocenters. The fraction of sp³-hybridized carbons (Fsp3) is 0.286. The molecule has 4 rings (SSSR count). The predicted molar refractivity (Wildman–Crippen MR) is 108 cm³/mol. The standard InChI is InChI=1S/C21H20F3N3O3S/c1-30-19-9-4-14(11-15(19)10-13-2-3-13)18-12-20(21(22,23)24)26-27(18)16-5-7-17(8-6-16)31(25,28)29/h4-9,11-13H,2-3,10H2,1H3,(H2,25,28,29). The highest BCUT2D eigenvalue weighted by Crippen LogP contribution is 2.38. The lowest BCUT2D eigenvalue weighted by molar-refractivity contribution is -0.141. The summed E-state index contributed by atoms with van der Waals surface area (Å²) in [5.74, 6) is 1.25. The zero-order valence-corrected chi connectivity index (χ0v) is 17.4. The number of alkyl halides is 3. The smallest absolute Gasteiger partial charge is 0.435 e. The van der Waals surface area contributed by atoms with E-state index in [0.29, 0.717) is 17.2 Å². The van der Waals surface area contributed by atoms with Crippen LogP contribution >= 0.6 is 0 Å². The van der Waals surface area contributed by atoms with Gasteiger partial charge in [-0.2, -0.15) is 18.3 Å². The number of primary sulfonamides is 1. The molecule has 1 aliphatic carbocycles. The first-order chi connectivity index (χ1) is 14.6. The van der Waals surface area contributed by atoms with Gasteiger partial charge in [0.1, 0.15) is 5.75 Å². The van der Waals surface area contributed by atoms with Crippen LogP contribution in [-0.4, -0.2) is 25.3 Å². The van der Waals surface area contributed by atoms with E-state index < -0.39 is 21.9 Å². The van der Waals surface area contributed by atoms with Crippen LogP contribution in [0.3, 0.4) is 0 Å². The molecule has 1 aliphatic rings. The van der Waals surface area contributed by atoms with Gasteiger partial charge in [-0.1, -0.05) is 0 Å². The average Bonchev–Trinajstić information content (AvgIpc) is 3.39. The maximum atomic E-state index is 13.4. The van der Waals surface area contributed by atoms with Crippen LogP contribution in [0.5, 0.6) is 5.75 Å². The number of ether oxygens (including phenoxy) is 1. The van der Waals surface area contributed by atoms with Gasteiger partial charge in [-0.15, -0.1) is 0 Å². The number of nitrogens with zero attached hydrogens (tertiary/aromatic N) is 2. The summed E-state index contributed by atoms with van der Waals surface area (Å²) in [5, 5.41) is 8.85. The van der Waals surface area contributed by atoms with Gasteiger partial charge in [0, 0.05) is 5.56 Å². The van der Waals surface area contributed by atoms with Crippen molar-refractivity contribution in [2.24, 2.45) is 11.1 Å². The van der Waals surface area contributed by atoms with E-state index in [-0.39, 0.29) is 16.3 Å². The van der Waals surface area contributed by atoms with E-state index in [4.69, 9.17) is 9.88 Å². The lowest BCUT2D eigenvalue weighted by Crippen LogP contribution is -2.12. The average molecular weight is 451 g/mol. The molecular weight excluding hydrogens is 431 g/mol. The number of hydrogen-bond acceptors (Lipinski definition) is 4. The highest BCUT2D eigenvalue weighted by molar-refractivity contribution is 7.89. The summed E-state index contributed by atoms with van der Waals surface area (Å²) in [4.78, 5) is -0.142. The molecule has 0 amide bonds. The summed E-state index contributed by atoms with van der Waals surface area (Å²) in [5.41, 5.74) is 0.939. The molecule has 0 spiro atoms. The van der Waals surface area contributed by atoms with Gasteiger partial charge in [-0.25, -0.2) is 18.2 Å². The van der Waals surface area contributed by atoms with Crippen LogP contribution in [0, 0.1) is 5.92 Å². The topological polar surface area (TPSA) is 87.2 Å². The second-order valence-corrected chi connectivity index (χ2v) is 9.10. The first-order valence-electron chi connectivity index (χ1n) is 9.54. The molecule has 0 atom stereocenters. The Balaban J connectivity index is 1.83. The zero-order chi connectivity index (χ0) is 22.4. The summed E-state index contributed by atoms with van der Waals surface area (Å²) in [7, 11) is -2.36. The highest BCUT2D eigenvalue weighted by atomic mass is 32.2. The molecule has 31 heavy (non-hydrogen) atoms. The molecule has 1 aromatic heterocycles. The van der Waals surface area contributed by atoms with Gasteiger partial charge in [0.05, 0.1) is 23.4 Å². The second-order valence-electron chi connectivity index (χ2n) is 7.54. The number of nitrogens with two attached hydrogens (primary N) is 1. The molecule has 3 aromatic rings. The fourth-order valence-electron chi connectivity index (χ4n) is 3.43. The van der Waals surface area contributed by atoms with Crippen LogP contribution in [0.2, 0.25) is 0 Å². The Bertz CT molecular complexity index is 1210. The minimum absolute atomic E-state index is 0.142. The normalized spacial score (nSPS) is 14.6. The minimum Gasteiger partial charge on any atom is -0.496 e. The number of hydrogen-bond donors (Lipinski definition) is 1. The van der Waals surface area contributed by atoms with Crippen molar-refractivity contribution in [3.05, 3.63) is 59.8 Å². The maximum absolute atomic E-state index is 13.4. The Labute approximate surface area is 177 Å². The number of halogens is 3. The Morgan fingerprint density at radius 1 is 1.13 bits per heavy atom. The number of rotatable bonds is 6. The molecular formula is C21H20F3N3O3S. The van der Waals surface area contributed by atoms with Crippen molar-refractivity contribution >= 4 is 10.0 Å². The lowest BCUT2D eigenvalue weighted by Gasteiger charge is -2.12. The third kappa shape index (κ3) is 4.59. The third-order valence-electron chi connectivity index (χ3n) is 5.19. The second kappa shape index (κ2) is 7.69. The van der Waals surface area contributed by atoms with Gasteiger partial charge in [0.2, 0.25) is 10.0 Å². The van der Waals surface area contributed by atoms with Crippen LogP contribution < -0.4 is 9.88 Å².